The Morgan fingerprint density at radius 3 is 1.21 bits per heavy atom. The van der Waals surface area contributed by atoms with Crippen molar-refractivity contribution in [2.45, 2.75) is 289 Å². The minimum Gasteiger partial charge on any atom is -0.466 e. The molecule has 0 aromatic carbocycles. The highest BCUT2D eigenvalue weighted by atomic mass is 28.4. The van der Waals surface area contributed by atoms with Crippen molar-refractivity contribution in [3.63, 3.8) is 0 Å². The molecular formula is C70H98F34N4O12Si2. The summed E-state index contributed by atoms with van der Waals surface area (Å²) in [6.07, 6.45) is -26.1. The third kappa shape index (κ3) is 23.9. The number of hydrogen-bond donors (Lipinski definition) is 4. The molecule has 5 fully saturated rings. The average molecular weight is 1890 g/mol. The van der Waals surface area contributed by atoms with Crippen LogP contribution >= 0.6 is 0 Å². The van der Waals surface area contributed by atoms with Crippen molar-refractivity contribution < 1.29 is 206 Å². The summed E-state index contributed by atoms with van der Waals surface area (Å²) >= 11 is 0. The Kier molecular flexibility index (Phi) is 32.8. The third-order valence-corrected chi connectivity index (χ3v) is 26.5. The van der Waals surface area contributed by atoms with E-state index >= 15 is 35.1 Å². The summed E-state index contributed by atoms with van der Waals surface area (Å²) in [5, 5.41) is 19.9. The van der Waals surface area contributed by atoms with Crippen molar-refractivity contribution in [1.29, 1.82) is 0 Å². The maximum absolute atomic E-state index is 15.5. The molecule has 10 unspecified atom stereocenters. The molecule has 3 saturated carbocycles. The molecule has 3 aliphatic carbocycles. The van der Waals surface area contributed by atoms with Crippen LogP contribution in [0, 0.1) is 33.5 Å². The maximum atomic E-state index is 15.5. The molecule has 5 rings (SSSR count). The molecule has 52 heteroatoms. The molecular weight excluding hydrogens is 1790 g/mol. The number of nitrogens with zero attached hydrogens (tertiary/aromatic N) is 1. The van der Waals surface area contributed by atoms with Crippen LogP contribution in [0.4, 0.5) is 159 Å². The Bertz CT molecular complexity index is 3530. The van der Waals surface area contributed by atoms with Gasteiger partial charge in [-0.2, -0.15) is 149 Å². The number of carbonyl (C=O) groups is 2. The number of carbonyl (C=O) groups excluding carboxylic acids is 1. The Labute approximate surface area is 680 Å². The van der Waals surface area contributed by atoms with Gasteiger partial charge in [0.15, 0.2) is 16.6 Å². The first-order valence-corrected chi connectivity index (χ1v) is 43.9. The van der Waals surface area contributed by atoms with Gasteiger partial charge in [-0.25, -0.2) is 9.59 Å². The number of alkyl carbamates (subject to hydrolysis) is 1. The maximum Gasteiger partial charge on any atom is 0.460 e. The van der Waals surface area contributed by atoms with Gasteiger partial charge in [-0.15, -0.1) is 0 Å². The molecule has 0 spiro atoms. The smallest absolute Gasteiger partial charge is 0.460 e. The number of halogens is 34. The number of amides is 2. The Morgan fingerprint density at radius 1 is 0.492 bits per heavy atom. The number of alkyl halides is 34. The number of hydrogen-bond acceptors (Lipinski definition) is 13. The van der Waals surface area contributed by atoms with Gasteiger partial charge in [-0.1, -0.05) is 61.1 Å². The summed E-state index contributed by atoms with van der Waals surface area (Å²) in [5.74, 6) is -117. The topological polar surface area (TPSA) is 177 Å². The predicted octanol–water partition coefficient (Wildman–Crippen LogP) is 20.6. The summed E-state index contributed by atoms with van der Waals surface area (Å²) in [5.41, 5.74) is -2.70. The lowest BCUT2D eigenvalue weighted by Gasteiger charge is -2.48. The fourth-order valence-electron chi connectivity index (χ4n) is 16.0. The second-order valence-electron chi connectivity index (χ2n) is 35.5. The second kappa shape index (κ2) is 37.1. The fourth-order valence-corrected chi connectivity index (χ4v) is 19.8. The van der Waals surface area contributed by atoms with Crippen LogP contribution in [0.2, 0.25) is 38.3 Å². The van der Waals surface area contributed by atoms with Crippen molar-refractivity contribution in [3.8, 4) is 0 Å². The third-order valence-electron chi connectivity index (χ3n) is 21.7. The summed E-state index contributed by atoms with van der Waals surface area (Å²) < 4.78 is 535. The van der Waals surface area contributed by atoms with E-state index in [0.29, 0.717) is 56.5 Å². The largest absolute Gasteiger partial charge is 0.466 e. The Hall–Kier alpha value is -4.65. The lowest BCUT2D eigenvalue weighted by atomic mass is 9.62. The van der Waals surface area contributed by atoms with Gasteiger partial charge in [-0.3, -0.25) is 0 Å². The molecule has 0 bridgehead atoms. The van der Waals surface area contributed by atoms with E-state index in [-0.39, 0.29) is 77.4 Å². The van der Waals surface area contributed by atoms with Crippen LogP contribution in [-0.4, -0.2) is 250 Å². The fraction of sp³-hybridized carbons (Fsp3) is 0.914. The van der Waals surface area contributed by atoms with Gasteiger partial charge in [0.2, 0.25) is 12.6 Å². The van der Waals surface area contributed by atoms with E-state index in [1.807, 2.05) is 27.7 Å². The molecule has 2 aliphatic heterocycles. The van der Waals surface area contributed by atoms with E-state index in [4.69, 9.17) is 42.0 Å². The Morgan fingerprint density at radius 2 is 0.844 bits per heavy atom. The van der Waals surface area contributed by atoms with Crippen molar-refractivity contribution >= 4 is 28.8 Å². The first-order valence-electron chi connectivity index (χ1n) is 37.7. The average Bonchev–Trinajstić information content (AvgIpc) is 0.705. The molecule has 0 aromatic rings. The predicted molar refractivity (Wildman–Crippen MR) is 366 cm³/mol. The first-order chi connectivity index (χ1) is 54.4. The van der Waals surface area contributed by atoms with Crippen molar-refractivity contribution in [2.75, 3.05) is 79.0 Å². The van der Waals surface area contributed by atoms with Crippen LogP contribution in [0.25, 0.3) is 0 Å². The van der Waals surface area contributed by atoms with Crippen LogP contribution in [0.15, 0.2) is 24.7 Å². The normalized spacial score (nSPS) is 25.3. The Balaban J connectivity index is 1.38. The van der Waals surface area contributed by atoms with Gasteiger partial charge in [0.05, 0.1) is 45.6 Å². The van der Waals surface area contributed by atoms with E-state index in [0.717, 1.165) is 31.1 Å². The van der Waals surface area contributed by atoms with Crippen LogP contribution in [0.3, 0.4) is 0 Å². The zero-order valence-electron chi connectivity index (χ0n) is 67.2. The summed E-state index contributed by atoms with van der Waals surface area (Å²) in [4.78, 5) is 27.8. The van der Waals surface area contributed by atoms with Crippen LogP contribution in [0.1, 0.15) is 119 Å². The van der Waals surface area contributed by atoms with Gasteiger partial charge in [0.1, 0.15) is 30.8 Å². The van der Waals surface area contributed by atoms with Crippen LogP contribution < -0.4 is 16.0 Å². The second-order valence-corrected chi connectivity index (χ2v) is 44.1. The molecule has 4 N–H and O–H groups in total. The number of nitrogens with one attached hydrogen (secondary N) is 3. The SMILES string of the molecule is C=C1COC(CNC2CC(C)(C)CC(C)(CNC(=O)OC(COCC3CCCC(COCC(CN(CC4(C)CC(NCC5OCC(=C)O5)CC(C)(C)C4)C(=O)O)O[Si](C)(C)CCC(F)(F)C(F)(F)C(F)(F)C(F)(F)C(F)(F)C(F)(F)C(F)(F)C(F)(F)F)C3)CO[Si](C)(C)CCC(F)(F)C(F)(F)C(F)(F)C(F)(F)C(F)(F)C(F)(F)C(F)(F)C(F)(F)F)C2)O1. The number of rotatable bonds is 44. The first kappa shape index (κ1) is 108. The van der Waals surface area contributed by atoms with Crippen LogP contribution in [-0.2, 0) is 42.0 Å². The summed E-state index contributed by atoms with van der Waals surface area (Å²) in [7, 11) is -8.80. The molecule has 0 radical (unpaired) electrons. The number of ether oxygens (including phenoxy) is 7. The van der Waals surface area contributed by atoms with Crippen molar-refractivity contribution in [1.82, 2.24) is 20.9 Å². The highest BCUT2D eigenvalue weighted by molar-refractivity contribution is 6.71. The molecule has 5 aliphatic rings. The highest BCUT2D eigenvalue weighted by Crippen LogP contribution is 2.67. The molecule has 122 heavy (non-hydrogen) atoms. The molecule has 0 aromatic heterocycles. The van der Waals surface area contributed by atoms with Gasteiger partial charge in [-0.05, 0) is 130 Å². The lowest BCUT2D eigenvalue weighted by molar-refractivity contribution is -0.461. The van der Waals surface area contributed by atoms with Gasteiger partial charge in [0.25, 0.3) is 0 Å². The summed E-state index contributed by atoms with van der Waals surface area (Å²) in [6, 6.07) is -3.91. The lowest BCUT2D eigenvalue weighted by Crippen LogP contribution is -2.74. The summed E-state index contributed by atoms with van der Waals surface area (Å²) in [6.45, 7) is 17.6. The zero-order valence-corrected chi connectivity index (χ0v) is 69.2. The van der Waals surface area contributed by atoms with Crippen molar-refractivity contribution in [3.05, 3.63) is 24.7 Å². The van der Waals surface area contributed by atoms with Crippen LogP contribution in [0.5, 0.6) is 0 Å². The van der Waals surface area contributed by atoms with E-state index in [1.54, 1.807) is 13.8 Å². The van der Waals surface area contributed by atoms with Crippen molar-refractivity contribution in [2.24, 2.45) is 33.5 Å². The molecule has 716 valence electrons. The molecule has 2 saturated heterocycles. The van der Waals surface area contributed by atoms with Gasteiger partial charge in [0, 0.05) is 51.2 Å². The standard InChI is InChI=1S/C70H98F34N4O12Si2/c1-39-28-114-47(117-39)25-105-43-21-51(3,4)35-53(7,23-43)37-107-49(109)119-46(34-116-121(9,10)18-16-55(71,72)57(75,76)59(79,80)61(83,84)63(87,88)65(91,92)67(95,96)69(99,100)101)33-113-31-42-15-13-14-41(20-42)30-112-32-45(27-108(50(110)111)38-54(8)24-44(22-52(5,6)36-54)106-26-48-115-29-40(2)118-48)120-122(11,12)19-17-56(73,74)58(77,78)60(81,82)62(85,86)64(89,90)66(93,94)68(97,98)70(102,103)104/h41-48,105-106H,1-2,13-38H2,3-12H3,(H,107,109)(H,110,111). The van der Waals surface area contributed by atoms with E-state index in [1.165, 1.54) is 0 Å². The zero-order chi connectivity index (χ0) is 94.4. The highest BCUT2D eigenvalue weighted by Gasteiger charge is 2.97. The molecule has 16 nitrogen and oxygen atoms in total. The van der Waals surface area contributed by atoms with Gasteiger partial charge >= 0.3 is 107 Å². The van der Waals surface area contributed by atoms with E-state index in [9.17, 15) is 129 Å². The molecule has 10 atom stereocenters. The molecule has 2 heterocycles. The van der Waals surface area contributed by atoms with Gasteiger partial charge < -0.3 is 68.0 Å². The van der Waals surface area contributed by atoms with E-state index in [2.05, 4.69) is 29.1 Å². The number of carboxylic acid groups (broad SMARTS) is 1. The monoisotopic (exact) mass is 1890 g/mol. The molecule has 2 amide bonds. The quantitative estimate of drug-likeness (QED) is 0.0335. The minimum absolute atomic E-state index is 0.0750. The van der Waals surface area contributed by atoms with E-state index < -0.39 is 240 Å². The minimum atomic E-state index is -8.88.